The van der Waals surface area contributed by atoms with Gasteiger partial charge in [-0.25, -0.2) is 0 Å². The second-order valence-corrected chi connectivity index (χ2v) is 3.72. The molecule has 0 bridgehead atoms. The fourth-order valence-corrected chi connectivity index (χ4v) is 1.86. The Bertz CT molecular complexity index is 406. The van der Waals surface area contributed by atoms with Crippen molar-refractivity contribution < 1.29 is 14.7 Å². The Labute approximate surface area is 88.7 Å². The van der Waals surface area contributed by atoms with Crippen LogP contribution in [0.1, 0.15) is 45.7 Å². The average Bonchev–Trinajstić information content (AvgIpc) is 1.99. The largest absolute Gasteiger partial charge is 0.506 e. The Kier molecular flexibility index (Phi) is 2.93. The van der Waals surface area contributed by atoms with E-state index >= 15 is 0 Å². The zero-order valence-corrected chi connectivity index (χ0v) is 9.34. The van der Waals surface area contributed by atoms with Gasteiger partial charge in [0, 0.05) is 0 Å². The molecule has 0 heterocycles. The van der Waals surface area contributed by atoms with Crippen LogP contribution in [0, 0.1) is 13.8 Å². The first kappa shape index (κ1) is 11.4. The summed E-state index contributed by atoms with van der Waals surface area (Å²) in [7, 11) is 0. The molecule has 0 spiro atoms. The molecule has 0 saturated carbocycles. The standard InChI is InChI=1S/C12H14O3/c1-6-5-7(2)11(9(4)14)12(15)10(6)8(3)13/h5,15H,1-4H3. The molecule has 0 saturated heterocycles. The van der Waals surface area contributed by atoms with Crippen molar-refractivity contribution in [2.45, 2.75) is 27.7 Å². The Morgan fingerprint density at radius 2 is 1.33 bits per heavy atom. The highest BCUT2D eigenvalue weighted by Crippen LogP contribution is 2.29. The van der Waals surface area contributed by atoms with Crippen LogP contribution in [0.3, 0.4) is 0 Å². The quantitative estimate of drug-likeness (QED) is 0.756. The zero-order valence-electron chi connectivity index (χ0n) is 9.34. The van der Waals surface area contributed by atoms with Crippen molar-refractivity contribution in [3.05, 3.63) is 28.3 Å². The number of aryl methyl sites for hydroxylation is 2. The van der Waals surface area contributed by atoms with Crippen LogP contribution in [-0.2, 0) is 0 Å². The number of Topliss-reactive ketones (excluding diaryl/α,β-unsaturated/α-hetero) is 2. The number of carbonyl (C=O) groups is 2. The molecule has 3 heteroatoms. The molecule has 0 fully saturated rings. The second kappa shape index (κ2) is 3.85. The van der Waals surface area contributed by atoms with Crippen LogP contribution in [-0.4, -0.2) is 16.7 Å². The van der Waals surface area contributed by atoms with Gasteiger partial charge < -0.3 is 5.11 Å². The monoisotopic (exact) mass is 206 g/mol. The van der Waals surface area contributed by atoms with E-state index in [-0.39, 0.29) is 28.4 Å². The average molecular weight is 206 g/mol. The molecule has 3 nitrogen and oxygen atoms in total. The number of phenolic OH excluding ortho intramolecular Hbond substituents is 1. The smallest absolute Gasteiger partial charge is 0.163 e. The number of hydrogen-bond donors (Lipinski definition) is 1. The molecular weight excluding hydrogens is 192 g/mol. The van der Waals surface area contributed by atoms with Gasteiger partial charge in [0.15, 0.2) is 11.6 Å². The predicted molar refractivity (Wildman–Crippen MR) is 57.6 cm³/mol. The van der Waals surface area contributed by atoms with Crippen molar-refractivity contribution in [1.82, 2.24) is 0 Å². The van der Waals surface area contributed by atoms with Crippen molar-refractivity contribution >= 4 is 11.6 Å². The topological polar surface area (TPSA) is 54.4 Å². The van der Waals surface area contributed by atoms with Gasteiger partial charge in [-0.15, -0.1) is 0 Å². The van der Waals surface area contributed by atoms with E-state index in [9.17, 15) is 14.7 Å². The molecule has 1 aromatic rings. The minimum absolute atomic E-state index is 0.187. The van der Waals surface area contributed by atoms with Crippen molar-refractivity contribution in [2.75, 3.05) is 0 Å². The van der Waals surface area contributed by atoms with E-state index in [0.717, 1.165) is 0 Å². The molecule has 1 rings (SSSR count). The fourth-order valence-electron chi connectivity index (χ4n) is 1.86. The first-order valence-corrected chi connectivity index (χ1v) is 4.71. The number of ketones is 2. The van der Waals surface area contributed by atoms with Gasteiger partial charge in [0.1, 0.15) is 5.75 Å². The van der Waals surface area contributed by atoms with Gasteiger partial charge in [-0.1, -0.05) is 6.07 Å². The van der Waals surface area contributed by atoms with E-state index in [0.29, 0.717) is 11.1 Å². The molecule has 80 valence electrons. The first-order chi connectivity index (χ1) is 6.86. The lowest BCUT2D eigenvalue weighted by molar-refractivity contribution is 0.101. The van der Waals surface area contributed by atoms with Crippen molar-refractivity contribution in [3.63, 3.8) is 0 Å². The van der Waals surface area contributed by atoms with Crippen LogP contribution in [0.5, 0.6) is 5.75 Å². The normalized spacial score (nSPS) is 10.1. The minimum Gasteiger partial charge on any atom is -0.506 e. The molecule has 0 aliphatic carbocycles. The summed E-state index contributed by atoms with van der Waals surface area (Å²) >= 11 is 0. The Balaban J connectivity index is 3.64. The van der Waals surface area contributed by atoms with Crippen LogP contribution in [0.4, 0.5) is 0 Å². The fraction of sp³-hybridized carbons (Fsp3) is 0.333. The van der Waals surface area contributed by atoms with Crippen LogP contribution in [0.25, 0.3) is 0 Å². The summed E-state index contributed by atoms with van der Waals surface area (Å²) in [6, 6.07) is 1.74. The van der Waals surface area contributed by atoms with E-state index in [2.05, 4.69) is 0 Å². The number of hydrogen-bond acceptors (Lipinski definition) is 3. The molecular formula is C12H14O3. The van der Waals surface area contributed by atoms with Crippen molar-refractivity contribution in [3.8, 4) is 5.75 Å². The molecule has 0 unspecified atom stereocenters. The van der Waals surface area contributed by atoms with E-state index in [1.54, 1.807) is 19.9 Å². The van der Waals surface area contributed by atoms with Crippen LogP contribution < -0.4 is 0 Å². The van der Waals surface area contributed by atoms with Gasteiger partial charge >= 0.3 is 0 Å². The molecule has 0 aromatic heterocycles. The Hall–Kier alpha value is -1.64. The van der Waals surface area contributed by atoms with Gasteiger partial charge in [-0.05, 0) is 38.8 Å². The number of aromatic hydroxyl groups is 1. The van der Waals surface area contributed by atoms with Crippen LogP contribution in [0.15, 0.2) is 6.07 Å². The third-order valence-corrected chi connectivity index (χ3v) is 2.40. The molecule has 0 amide bonds. The maximum absolute atomic E-state index is 11.3. The highest BCUT2D eigenvalue weighted by Gasteiger charge is 2.18. The van der Waals surface area contributed by atoms with Crippen LogP contribution >= 0.6 is 0 Å². The Morgan fingerprint density at radius 3 is 1.60 bits per heavy atom. The number of rotatable bonds is 2. The summed E-state index contributed by atoms with van der Waals surface area (Å²) in [5.74, 6) is -0.646. The van der Waals surface area contributed by atoms with E-state index in [1.807, 2.05) is 0 Å². The SMILES string of the molecule is CC(=O)c1c(C)cc(C)c(C(C)=O)c1O. The summed E-state index contributed by atoms with van der Waals surface area (Å²) in [5, 5.41) is 9.85. The maximum atomic E-state index is 11.3. The lowest BCUT2D eigenvalue weighted by Gasteiger charge is -2.11. The zero-order chi connectivity index (χ0) is 11.7. The summed E-state index contributed by atoms with van der Waals surface area (Å²) in [4.78, 5) is 22.6. The van der Waals surface area contributed by atoms with Gasteiger partial charge in [0.05, 0.1) is 11.1 Å². The number of phenols is 1. The molecule has 15 heavy (non-hydrogen) atoms. The van der Waals surface area contributed by atoms with Gasteiger partial charge in [0.2, 0.25) is 0 Å². The van der Waals surface area contributed by atoms with Gasteiger partial charge in [-0.2, -0.15) is 0 Å². The third kappa shape index (κ3) is 1.91. The lowest BCUT2D eigenvalue weighted by Crippen LogP contribution is -2.05. The summed E-state index contributed by atoms with van der Waals surface area (Å²) < 4.78 is 0. The lowest BCUT2D eigenvalue weighted by atomic mass is 9.94. The first-order valence-electron chi connectivity index (χ1n) is 4.71. The minimum atomic E-state index is -0.229. The van der Waals surface area contributed by atoms with E-state index in [4.69, 9.17) is 0 Å². The highest BCUT2D eigenvalue weighted by molar-refractivity contribution is 6.05. The molecule has 0 aliphatic rings. The van der Waals surface area contributed by atoms with Gasteiger partial charge in [0.25, 0.3) is 0 Å². The molecule has 0 radical (unpaired) electrons. The third-order valence-electron chi connectivity index (χ3n) is 2.40. The second-order valence-electron chi connectivity index (χ2n) is 3.72. The number of benzene rings is 1. The summed E-state index contributed by atoms with van der Waals surface area (Å²) in [6.07, 6.45) is 0. The van der Waals surface area contributed by atoms with E-state index in [1.165, 1.54) is 13.8 Å². The highest BCUT2D eigenvalue weighted by atomic mass is 16.3. The molecule has 0 aliphatic heterocycles. The van der Waals surface area contributed by atoms with Crippen molar-refractivity contribution in [1.29, 1.82) is 0 Å². The molecule has 1 N–H and O–H groups in total. The van der Waals surface area contributed by atoms with Gasteiger partial charge in [-0.3, -0.25) is 9.59 Å². The van der Waals surface area contributed by atoms with Crippen molar-refractivity contribution in [2.24, 2.45) is 0 Å². The number of carbonyl (C=O) groups excluding carboxylic acids is 2. The molecule has 0 atom stereocenters. The predicted octanol–water partition coefficient (Wildman–Crippen LogP) is 2.41. The summed E-state index contributed by atoms with van der Waals surface area (Å²) in [5.41, 5.74) is 1.88. The molecule has 1 aromatic carbocycles. The van der Waals surface area contributed by atoms with Crippen LogP contribution in [0.2, 0.25) is 0 Å². The van der Waals surface area contributed by atoms with E-state index < -0.39 is 0 Å². The Morgan fingerprint density at radius 1 is 1.00 bits per heavy atom. The maximum Gasteiger partial charge on any atom is 0.163 e. The summed E-state index contributed by atoms with van der Waals surface area (Å²) in [6.45, 7) is 6.24.